The molecule has 17 heteroatoms. The van der Waals surface area contributed by atoms with Crippen molar-refractivity contribution in [2.45, 2.75) is 109 Å². The number of benzene rings is 3. The Balaban J connectivity index is 0.677. The van der Waals surface area contributed by atoms with E-state index in [2.05, 4.69) is 31.1 Å². The van der Waals surface area contributed by atoms with Crippen LogP contribution in [0.2, 0.25) is 0 Å². The smallest absolute Gasteiger partial charge is 0.319 e. The minimum absolute atomic E-state index is 0.0163. The third-order valence-corrected chi connectivity index (χ3v) is 17.2. The number of ether oxygens (including phenoxy) is 1. The number of carbonyl (C=O) groups is 3. The van der Waals surface area contributed by atoms with Crippen LogP contribution in [0.25, 0.3) is 32.9 Å². The van der Waals surface area contributed by atoms with Crippen LogP contribution in [-0.4, -0.2) is 141 Å². The number of hydrogen-bond donors (Lipinski definition) is 3. The molecule has 15 nitrogen and oxygen atoms in total. The van der Waals surface area contributed by atoms with E-state index in [-0.39, 0.29) is 58.1 Å². The molecule has 5 aliphatic heterocycles. The lowest BCUT2D eigenvalue weighted by Gasteiger charge is -2.55. The van der Waals surface area contributed by atoms with Gasteiger partial charge in [-0.25, -0.2) is 8.78 Å². The lowest BCUT2D eigenvalue weighted by atomic mass is 9.67. The summed E-state index contributed by atoms with van der Waals surface area (Å²) in [4.78, 5) is 62.9. The minimum Gasteiger partial charge on any atom is -0.508 e. The predicted octanol–water partition coefficient (Wildman–Crippen LogP) is 6.73. The number of aromatic hydroxyl groups is 1. The molecule has 5 aromatic rings. The fraction of sp³-hybridized carbons (Fsp3) is 0.527. The monoisotopic (exact) mass is 983 g/mol. The summed E-state index contributed by atoms with van der Waals surface area (Å²) in [6.07, 6.45) is 10.7. The van der Waals surface area contributed by atoms with Crippen LogP contribution in [0.15, 0.2) is 48.7 Å². The molecule has 2 atom stereocenters. The number of piperazine rings is 1. The molecule has 7 heterocycles. The van der Waals surface area contributed by atoms with Crippen LogP contribution in [0, 0.1) is 22.5 Å². The standard InChI is InChI=1S/C55H63F2N9O6/c1-3-38-42(56)8-5-33-24-37(67)25-40(45(33)38)47-46(57)48-41(26-58-47)49(65-18-4-13-53(2,71)28-65)61-52(60-48)72-32-55(16-17-55)31-62-29-54(30-62)14-11-35(12-15-54)63-19-21-64(22-20-63)36-6-7-39-34(23-36)27-66(51(39)70)43-9-10-44(68)59-50(43)69/h5-8,23-26,35,43,67,71H,3-4,9-22,27-32H2,1-2H3,(H,59,68,69)/t43-,53+/m0/s1. The number of carbonyl (C=O) groups excluding carboxylic acids is 3. The van der Waals surface area contributed by atoms with Gasteiger partial charge >= 0.3 is 6.01 Å². The molecule has 0 bridgehead atoms. The fourth-order valence-corrected chi connectivity index (χ4v) is 13.2. The van der Waals surface area contributed by atoms with Gasteiger partial charge in [0, 0.05) is 106 Å². The van der Waals surface area contributed by atoms with Crippen LogP contribution < -0.4 is 19.9 Å². The molecule has 0 radical (unpaired) electrons. The van der Waals surface area contributed by atoms with E-state index in [4.69, 9.17) is 14.7 Å². The Morgan fingerprint density at radius 3 is 2.40 bits per heavy atom. The van der Waals surface area contributed by atoms with Gasteiger partial charge in [0.2, 0.25) is 11.8 Å². The van der Waals surface area contributed by atoms with Crippen LogP contribution in [0.4, 0.5) is 20.3 Å². The summed E-state index contributed by atoms with van der Waals surface area (Å²) in [7, 11) is 0. The lowest BCUT2D eigenvalue weighted by molar-refractivity contribution is -0.136. The highest BCUT2D eigenvalue weighted by Crippen LogP contribution is 2.52. The molecule has 2 saturated carbocycles. The Bertz CT molecular complexity index is 3010. The highest BCUT2D eigenvalue weighted by atomic mass is 19.1. The number of nitrogens with zero attached hydrogens (tertiary/aromatic N) is 8. The Morgan fingerprint density at radius 1 is 0.875 bits per heavy atom. The highest BCUT2D eigenvalue weighted by Gasteiger charge is 2.52. The van der Waals surface area contributed by atoms with Crippen molar-refractivity contribution in [3.8, 4) is 23.0 Å². The summed E-state index contributed by atoms with van der Waals surface area (Å²) in [6.45, 7) is 12.2. The summed E-state index contributed by atoms with van der Waals surface area (Å²) < 4.78 is 38.8. The van der Waals surface area contributed by atoms with Gasteiger partial charge in [0.05, 0.1) is 17.6 Å². The summed E-state index contributed by atoms with van der Waals surface area (Å²) >= 11 is 0. The van der Waals surface area contributed by atoms with Gasteiger partial charge < -0.3 is 34.5 Å². The van der Waals surface area contributed by atoms with Crippen molar-refractivity contribution in [3.05, 3.63) is 77.0 Å². The fourth-order valence-electron chi connectivity index (χ4n) is 13.2. The van der Waals surface area contributed by atoms with Crippen LogP contribution in [0.1, 0.15) is 99.5 Å². The second kappa shape index (κ2) is 17.9. The number of aliphatic hydroxyl groups is 1. The van der Waals surface area contributed by atoms with E-state index in [0.29, 0.717) is 90.1 Å². The molecule has 72 heavy (non-hydrogen) atoms. The van der Waals surface area contributed by atoms with Gasteiger partial charge in [0.1, 0.15) is 34.6 Å². The van der Waals surface area contributed by atoms with Gasteiger partial charge in [-0.05, 0) is 135 Å². The normalized spacial score (nSPS) is 24.5. The van der Waals surface area contributed by atoms with Crippen molar-refractivity contribution < 1.29 is 38.1 Å². The van der Waals surface area contributed by atoms with Crippen molar-refractivity contribution in [2.24, 2.45) is 10.8 Å². The number of likely N-dealkylation sites (tertiary alicyclic amines) is 1. The molecular formula is C55H63F2N9O6. The number of hydrogen-bond acceptors (Lipinski definition) is 13. The van der Waals surface area contributed by atoms with Crippen LogP contribution in [-0.2, 0) is 22.6 Å². The summed E-state index contributed by atoms with van der Waals surface area (Å²) in [5.74, 6) is -1.59. The SMILES string of the molecule is CCc1c(F)ccc2cc(O)cc(-c3ncc4c(N5CCC[C@@](C)(O)C5)nc(OCC5(CN6CC7(CCC(N8CCN(c9ccc%10c(c9)CN([C@H]9CCC(=O)NC9=O)C%10=O)CC8)CC7)C6)CC5)nc4c3F)c12. The van der Waals surface area contributed by atoms with Gasteiger partial charge in [-0.1, -0.05) is 13.0 Å². The van der Waals surface area contributed by atoms with Crippen molar-refractivity contribution in [1.82, 2.24) is 35.0 Å². The number of aryl methyl sites for hydroxylation is 1. The second-order valence-corrected chi connectivity index (χ2v) is 22.4. The maximum atomic E-state index is 17.2. The molecule has 378 valence electrons. The van der Waals surface area contributed by atoms with Crippen LogP contribution in [0.3, 0.4) is 0 Å². The number of pyridine rings is 1. The molecule has 3 aromatic carbocycles. The topological polar surface area (TPSA) is 168 Å². The van der Waals surface area contributed by atoms with Gasteiger partial charge in [0.25, 0.3) is 5.91 Å². The summed E-state index contributed by atoms with van der Waals surface area (Å²) in [5, 5.41) is 25.7. The number of fused-ring (bicyclic) bond motifs is 3. The average Bonchev–Trinajstić information content (AvgIpc) is 4.05. The number of imide groups is 1. The number of aromatic nitrogens is 3. The number of rotatable bonds is 11. The third-order valence-electron chi connectivity index (χ3n) is 17.2. The number of β-amino-alcohol motifs (C(OH)–C–C–N with tert-alkyl or cyclic N) is 1. The molecular weight excluding hydrogens is 921 g/mol. The molecule has 2 aromatic heterocycles. The van der Waals surface area contributed by atoms with E-state index in [1.165, 1.54) is 44.0 Å². The zero-order chi connectivity index (χ0) is 49.7. The van der Waals surface area contributed by atoms with Crippen molar-refractivity contribution in [1.29, 1.82) is 0 Å². The number of halogens is 2. The maximum absolute atomic E-state index is 17.2. The molecule has 6 fully saturated rings. The van der Waals surface area contributed by atoms with Gasteiger partial charge in [-0.3, -0.25) is 29.6 Å². The Kier molecular flexibility index (Phi) is 11.7. The molecule has 3 amide bonds. The van der Waals surface area contributed by atoms with Gasteiger partial charge in [-0.15, -0.1) is 0 Å². The average molecular weight is 984 g/mol. The van der Waals surface area contributed by atoms with Crippen molar-refractivity contribution >= 4 is 50.9 Å². The molecule has 7 aliphatic rings. The number of amides is 3. The van der Waals surface area contributed by atoms with E-state index >= 15 is 8.78 Å². The number of phenols is 1. The van der Waals surface area contributed by atoms with E-state index in [1.807, 2.05) is 24.0 Å². The Labute approximate surface area is 417 Å². The molecule has 3 N–H and O–H groups in total. The zero-order valence-corrected chi connectivity index (χ0v) is 41.2. The first-order chi connectivity index (χ1) is 34.7. The number of piperidine rings is 2. The number of anilines is 2. The molecule has 4 saturated heterocycles. The molecule has 2 aliphatic carbocycles. The number of phenolic OH excluding ortho intramolecular Hbond substituents is 1. The van der Waals surface area contributed by atoms with E-state index in [1.54, 1.807) is 24.0 Å². The predicted molar refractivity (Wildman–Crippen MR) is 268 cm³/mol. The van der Waals surface area contributed by atoms with E-state index < -0.39 is 23.3 Å². The maximum Gasteiger partial charge on any atom is 0.319 e. The summed E-state index contributed by atoms with van der Waals surface area (Å²) in [5.41, 5.74) is 2.67. The second-order valence-electron chi connectivity index (χ2n) is 22.4. The quantitative estimate of drug-likeness (QED) is 0.119. The minimum atomic E-state index is -0.964. The first-order valence-corrected chi connectivity index (χ1v) is 26.1. The van der Waals surface area contributed by atoms with E-state index in [9.17, 15) is 24.6 Å². The zero-order valence-electron chi connectivity index (χ0n) is 41.2. The van der Waals surface area contributed by atoms with Crippen LogP contribution in [0.5, 0.6) is 11.8 Å². The Morgan fingerprint density at radius 2 is 1.67 bits per heavy atom. The first-order valence-electron chi connectivity index (χ1n) is 26.1. The van der Waals surface area contributed by atoms with Crippen molar-refractivity contribution in [3.63, 3.8) is 0 Å². The Hall–Kier alpha value is -6.04. The largest absolute Gasteiger partial charge is 0.508 e. The first kappa shape index (κ1) is 47.0. The van der Waals surface area contributed by atoms with E-state index in [0.717, 1.165) is 76.3 Å². The molecule has 12 rings (SSSR count). The third kappa shape index (κ3) is 8.57. The van der Waals surface area contributed by atoms with Crippen molar-refractivity contribution in [2.75, 3.05) is 75.3 Å². The van der Waals surface area contributed by atoms with Crippen LogP contribution >= 0.6 is 0 Å². The number of nitrogens with one attached hydrogen (secondary N) is 1. The summed E-state index contributed by atoms with van der Waals surface area (Å²) in [6, 6.07) is 12.0. The van der Waals surface area contributed by atoms with Gasteiger partial charge in [0.15, 0.2) is 5.82 Å². The van der Waals surface area contributed by atoms with Gasteiger partial charge in [-0.2, -0.15) is 9.97 Å². The molecule has 0 unspecified atom stereocenters. The molecule has 1 spiro atoms. The lowest BCUT2D eigenvalue weighted by Crippen LogP contribution is -2.60. The highest BCUT2D eigenvalue weighted by molar-refractivity contribution is 6.06.